The molecular formula is C26H38N8O7. The number of carboxylic acid groups (broad SMARTS) is 2. The Morgan fingerprint density at radius 1 is 0.951 bits per heavy atom. The molecule has 4 atom stereocenters. The minimum absolute atomic E-state index is 0.0515. The number of hydrogen-bond acceptors (Lipinski definition) is 7. The standard InChI is InChI=1S/C26H38N8O7/c1-13(2)21(34-22(37)16(27)7-5-9-30-26(28)29)24(39)32-18(23(38)33-19(25(40)41)11-20(35)36)10-14-12-31-17-8-4-3-6-15(14)17/h3-4,6,8,12-13,16,18-19,21,31H,5,7,9-11,27H2,1-2H3,(H,32,39)(H,33,38)(H,34,37)(H,35,36)(H,40,41)(H4,28,29,30). The predicted octanol–water partition coefficient (Wildman–Crippen LogP) is -1.24. The van der Waals surface area contributed by atoms with Gasteiger partial charge in [-0.05, 0) is 30.4 Å². The summed E-state index contributed by atoms with van der Waals surface area (Å²) in [7, 11) is 0. The summed E-state index contributed by atoms with van der Waals surface area (Å²) < 4.78 is 0. The number of H-pyrrole nitrogens is 1. The second kappa shape index (κ2) is 15.2. The van der Waals surface area contributed by atoms with Crippen LogP contribution in [0.1, 0.15) is 38.7 Å². The van der Waals surface area contributed by atoms with E-state index in [4.69, 9.17) is 22.3 Å². The fourth-order valence-corrected chi connectivity index (χ4v) is 4.08. The zero-order chi connectivity index (χ0) is 30.7. The molecular weight excluding hydrogens is 536 g/mol. The van der Waals surface area contributed by atoms with Gasteiger partial charge in [-0.2, -0.15) is 0 Å². The van der Waals surface area contributed by atoms with Crippen molar-refractivity contribution in [3.8, 4) is 0 Å². The molecule has 15 nitrogen and oxygen atoms in total. The van der Waals surface area contributed by atoms with Crippen LogP contribution in [0.5, 0.6) is 0 Å². The molecule has 2 aromatic rings. The van der Waals surface area contributed by atoms with Gasteiger partial charge in [0.05, 0.1) is 12.5 Å². The summed E-state index contributed by atoms with van der Waals surface area (Å²) in [6.45, 7) is 3.66. The topological polar surface area (TPSA) is 268 Å². The van der Waals surface area contributed by atoms with Gasteiger partial charge in [-0.3, -0.25) is 24.2 Å². The van der Waals surface area contributed by atoms with Crippen LogP contribution in [0.15, 0.2) is 35.5 Å². The van der Waals surface area contributed by atoms with Crippen LogP contribution >= 0.6 is 0 Å². The summed E-state index contributed by atoms with van der Waals surface area (Å²) in [6, 6.07) is 2.20. The number of aromatic nitrogens is 1. The van der Waals surface area contributed by atoms with Gasteiger partial charge in [-0.15, -0.1) is 0 Å². The molecule has 4 unspecified atom stereocenters. The van der Waals surface area contributed by atoms with E-state index >= 15 is 0 Å². The molecule has 224 valence electrons. The number of rotatable bonds is 16. The number of aromatic amines is 1. The summed E-state index contributed by atoms with van der Waals surface area (Å²) in [5.74, 6) is -5.65. The highest BCUT2D eigenvalue weighted by atomic mass is 16.4. The highest BCUT2D eigenvalue weighted by molar-refractivity contribution is 5.95. The van der Waals surface area contributed by atoms with Gasteiger partial charge in [-0.1, -0.05) is 32.0 Å². The van der Waals surface area contributed by atoms with E-state index in [-0.39, 0.29) is 25.3 Å². The number of carboxylic acids is 2. The van der Waals surface area contributed by atoms with E-state index in [0.717, 1.165) is 10.9 Å². The number of benzene rings is 1. The van der Waals surface area contributed by atoms with Crippen molar-refractivity contribution in [2.24, 2.45) is 28.1 Å². The number of nitrogens with two attached hydrogens (primary N) is 3. The third-order valence-electron chi connectivity index (χ3n) is 6.28. The molecule has 12 N–H and O–H groups in total. The van der Waals surface area contributed by atoms with E-state index in [9.17, 15) is 29.1 Å². The molecule has 1 heterocycles. The first kappa shape index (κ1) is 32.6. The molecule has 3 amide bonds. The molecule has 0 bridgehead atoms. The van der Waals surface area contributed by atoms with E-state index in [2.05, 4.69) is 25.9 Å². The van der Waals surface area contributed by atoms with Crippen LogP contribution in [0.2, 0.25) is 0 Å². The van der Waals surface area contributed by atoms with Crippen molar-refractivity contribution < 1.29 is 34.2 Å². The first-order valence-electron chi connectivity index (χ1n) is 13.0. The zero-order valence-electron chi connectivity index (χ0n) is 22.9. The van der Waals surface area contributed by atoms with Crippen molar-refractivity contribution in [3.63, 3.8) is 0 Å². The molecule has 1 aromatic heterocycles. The number of amides is 3. The maximum Gasteiger partial charge on any atom is 0.326 e. The second-order valence-electron chi connectivity index (χ2n) is 9.91. The molecule has 0 fully saturated rings. The normalized spacial score (nSPS) is 14.0. The maximum absolute atomic E-state index is 13.4. The monoisotopic (exact) mass is 574 g/mol. The number of guanidine groups is 1. The maximum atomic E-state index is 13.4. The van der Waals surface area contributed by atoms with Crippen LogP contribution in [-0.2, 0) is 30.4 Å². The van der Waals surface area contributed by atoms with Gasteiger partial charge in [0.15, 0.2) is 5.96 Å². The fraction of sp³-hybridized carbons (Fsp3) is 0.462. The number of hydrogen-bond donors (Lipinski definition) is 9. The van der Waals surface area contributed by atoms with Gasteiger partial charge in [0.25, 0.3) is 0 Å². The summed E-state index contributed by atoms with van der Waals surface area (Å²) in [4.78, 5) is 68.9. The van der Waals surface area contributed by atoms with Gasteiger partial charge in [0.1, 0.15) is 18.1 Å². The molecule has 0 saturated carbocycles. The molecule has 41 heavy (non-hydrogen) atoms. The molecule has 0 aliphatic heterocycles. The summed E-state index contributed by atoms with van der Waals surface area (Å²) in [5.41, 5.74) is 18.0. The van der Waals surface area contributed by atoms with Gasteiger partial charge in [0.2, 0.25) is 17.7 Å². The van der Waals surface area contributed by atoms with Crippen LogP contribution in [-0.4, -0.2) is 81.5 Å². The van der Waals surface area contributed by atoms with E-state index in [0.29, 0.717) is 12.0 Å². The van der Waals surface area contributed by atoms with Crippen molar-refractivity contribution in [2.75, 3.05) is 6.54 Å². The number of fused-ring (bicyclic) bond motifs is 1. The van der Waals surface area contributed by atoms with Crippen molar-refractivity contribution in [3.05, 3.63) is 36.0 Å². The Morgan fingerprint density at radius 2 is 1.61 bits per heavy atom. The Kier molecular flexibility index (Phi) is 12.1. The van der Waals surface area contributed by atoms with E-state index in [1.807, 2.05) is 18.2 Å². The van der Waals surface area contributed by atoms with Crippen LogP contribution in [0.25, 0.3) is 10.9 Å². The lowest BCUT2D eigenvalue weighted by molar-refractivity contribution is -0.147. The Labute approximate surface area is 236 Å². The Bertz CT molecular complexity index is 1270. The van der Waals surface area contributed by atoms with Crippen molar-refractivity contribution in [2.45, 2.75) is 63.7 Å². The van der Waals surface area contributed by atoms with Gasteiger partial charge >= 0.3 is 11.9 Å². The minimum atomic E-state index is -1.72. The van der Waals surface area contributed by atoms with Crippen molar-refractivity contribution in [1.29, 1.82) is 0 Å². The van der Waals surface area contributed by atoms with Crippen LogP contribution in [0, 0.1) is 5.92 Å². The number of nitrogens with zero attached hydrogens (tertiary/aromatic N) is 1. The first-order valence-corrected chi connectivity index (χ1v) is 13.0. The third-order valence-corrected chi connectivity index (χ3v) is 6.28. The van der Waals surface area contributed by atoms with Gasteiger partial charge in [0, 0.05) is 30.1 Å². The number of carbonyl (C=O) groups excluding carboxylic acids is 3. The number of aliphatic carboxylic acids is 2. The zero-order valence-corrected chi connectivity index (χ0v) is 22.9. The van der Waals surface area contributed by atoms with Gasteiger partial charge < -0.3 is 48.3 Å². The van der Waals surface area contributed by atoms with Crippen molar-refractivity contribution in [1.82, 2.24) is 20.9 Å². The SMILES string of the molecule is CC(C)C(NC(=O)C(N)CCCN=C(N)N)C(=O)NC(Cc1c[nH]c2ccccc12)C(=O)NC(CC(=O)O)C(=O)O. The van der Waals surface area contributed by atoms with Crippen molar-refractivity contribution >= 4 is 46.5 Å². The Morgan fingerprint density at radius 3 is 2.22 bits per heavy atom. The van der Waals surface area contributed by atoms with Gasteiger partial charge in [-0.25, -0.2) is 4.79 Å². The van der Waals surface area contributed by atoms with E-state index in [1.165, 1.54) is 0 Å². The summed E-state index contributed by atoms with van der Waals surface area (Å²) in [5, 5.41) is 26.6. The lowest BCUT2D eigenvalue weighted by Gasteiger charge is -2.27. The molecule has 1 aromatic carbocycles. The van der Waals surface area contributed by atoms with Crippen LogP contribution in [0.3, 0.4) is 0 Å². The molecule has 15 heteroatoms. The largest absolute Gasteiger partial charge is 0.481 e. The van der Waals surface area contributed by atoms with Crippen LogP contribution < -0.4 is 33.2 Å². The number of para-hydroxylation sites is 1. The van der Waals surface area contributed by atoms with Crippen LogP contribution in [0.4, 0.5) is 0 Å². The quantitative estimate of drug-likeness (QED) is 0.0653. The number of aliphatic imine (C=N–C) groups is 1. The minimum Gasteiger partial charge on any atom is -0.481 e. The Balaban J connectivity index is 2.24. The highest BCUT2D eigenvalue weighted by Crippen LogP contribution is 2.19. The molecule has 0 radical (unpaired) electrons. The molecule has 0 aliphatic carbocycles. The number of carbonyl (C=O) groups is 5. The molecule has 0 aliphatic rings. The predicted molar refractivity (Wildman–Crippen MR) is 150 cm³/mol. The lowest BCUT2D eigenvalue weighted by Crippen LogP contribution is -2.59. The smallest absolute Gasteiger partial charge is 0.326 e. The third kappa shape index (κ3) is 10.1. The molecule has 0 spiro atoms. The number of nitrogens with one attached hydrogen (secondary N) is 4. The lowest BCUT2D eigenvalue weighted by atomic mass is 9.99. The summed E-state index contributed by atoms with van der Waals surface area (Å²) in [6.07, 6.45) is 1.43. The summed E-state index contributed by atoms with van der Waals surface area (Å²) >= 11 is 0. The molecule has 0 saturated heterocycles. The Hall–Kier alpha value is -4.66. The average molecular weight is 575 g/mol. The van der Waals surface area contributed by atoms with E-state index < -0.39 is 66.2 Å². The molecule has 2 rings (SSSR count). The fourth-order valence-electron chi connectivity index (χ4n) is 4.08. The first-order chi connectivity index (χ1) is 19.3. The highest BCUT2D eigenvalue weighted by Gasteiger charge is 2.32. The second-order valence-corrected chi connectivity index (χ2v) is 9.91. The van der Waals surface area contributed by atoms with E-state index in [1.54, 1.807) is 26.1 Å². The average Bonchev–Trinajstić information content (AvgIpc) is 3.30.